The van der Waals surface area contributed by atoms with Gasteiger partial charge in [0.05, 0.1) is 17.2 Å². The molecule has 2 aromatic rings. The van der Waals surface area contributed by atoms with Gasteiger partial charge in [-0.15, -0.1) is 0 Å². The molecule has 0 unspecified atom stereocenters. The number of nitrogens with zero attached hydrogens (tertiary/aromatic N) is 1. The number of furan rings is 1. The Morgan fingerprint density at radius 2 is 2.21 bits per heavy atom. The fourth-order valence-electron chi connectivity index (χ4n) is 3.16. The van der Waals surface area contributed by atoms with Crippen molar-refractivity contribution in [1.82, 2.24) is 10.2 Å². The maximum atomic E-state index is 12.6. The third kappa shape index (κ3) is 3.34. The van der Waals surface area contributed by atoms with Crippen LogP contribution in [0.2, 0.25) is 5.02 Å². The number of carbonyl (C=O) groups excluding carboxylic acids is 1. The highest BCUT2D eigenvalue weighted by molar-refractivity contribution is 6.33. The molecule has 2 atom stereocenters. The quantitative estimate of drug-likeness (QED) is 0.891. The molecule has 1 fully saturated rings. The molecular weight excluding hydrogens is 328 g/mol. The molecular formula is C18H21ClN2O3. The van der Waals surface area contributed by atoms with Crippen molar-refractivity contribution in [2.75, 3.05) is 20.2 Å². The molecule has 0 radical (unpaired) electrons. The van der Waals surface area contributed by atoms with Crippen molar-refractivity contribution in [3.8, 4) is 11.3 Å². The largest absolute Gasteiger partial charge is 0.460 e. The number of aryl methyl sites for hydroxylation is 1. The van der Waals surface area contributed by atoms with E-state index in [9.17, 15) is 9.90 Å². The van der Waals surface area contributed by atoms with Gasteiger partial charge in [-0.2, -0.15) is 0 Å². The highest BCUT2D eigenvalue weighted by Crippen LogP contribution is 2.31. The van der Waals surface area contributed by atoms with Crippen LogP contribution in [0.5, 0.6) is 0 Å². The van der Waals surface area contributed by atoms with Crippen molar-refractivity contribution < 1.29 is 14.3 Å². The lowest BCUT2D eigenvalue weighted by Gasteiger charge is -2.15. The third-order valence-corrected chi connectivity index (χ3v) is 4.87. The molecule has 5 nitrogen and oxygen atoms in total. The summed E-state index contributed by atoms with van der Waals surface area (Å²) in [6, 6.07) is 9.23. The minimum Gasteiger partial charge on any atom is -0.460 e. The Morgan fingerprint density at radius 3 is 2.88 bits per heavy atom. The number of carbonyl (C=O) groups is 1. The molecule has 1 aromatic heterocycles. The lowest BCUT2D eigenvalue weighted by molar-refractivity contribution is 0.0936. The average molecular weight is 349 g/mol. The van der Waals surface area contributed by atoms with Gasteiger partial charge in [0.15, 0.2) is 0 Å². The Bertz CT molecular complexity index is 744. The Hall–Kier alpha value is -1.82. The number of benzene rings is 1. The fraction of sp³-hybridized carbons (Fsp3) is 0.389. The lowest BCUT2D eigenvalue weighted by atomic mass is 10.1. The number of amides is 1. The zero-order valence-electron chi connectivity index (χ0n) is 13.8. The normalized spacial score (nSPS) is 21.2. The number of hydrogen-bond acceptors (Lipinski definition) is 4. The first-order chi connectivity index (χ1) is 11.5. The van der Waals surface area contributed by atoms with Gasteiger partial charge in [-0.05, 0) is 38.6 Å². The van der Waals surface area contributed by atoms with Gasteiger partial charge in [0.2, 0.25) is 0 Å². The predicted octanol–water partition coefficient (Wildman–Crippen LogP) is 2.70. The van der Waals surface area contributed by atoms with Crippen LogP contribution in [0, 0.1) is 6.92 Å². The van der Waals surface area contributed by atoms with E-state index in [0.29, 0.717) is 22.1 Å². The van der Waals surface area contributed by atoms with Crippen molar-refractivity contribution in [3.05, 3.63) is 46.7 Å². The topological polar surface area (TPSA) is 65.7 Å². The smallest absolute Gasteiger partial charge is 0.255 e. The highest BCUT2D eigenvalue weighted by Gasteiger charge is 2.30. The Morgan fingerprint density at radius 1 is 1.46 bits per heavy atom. The van der Waals surface area contributed by atoms with Crippen molar-refractivity contribution in [3.63, 3.8) is 0 Å². The molecule has 1 amide bonds. The van der Waals surface area contributed by atoms with Crippen LogP contribution in [0.3, 0.4) is 0 Å². The van der Waals surface area contributed by atoms with Gasteiger partial charge in [-0.3, -0.25) is 9.69 Å². The maximum absolute atomic E-state index is 12.6. The number of hydrogen-bond donors (Lipinski definition) is 2. The van der Waals surface area contributed by atoms with Crippen molar-refractivity contribution in [2.24, 2.45) is 0 Å². The number of rotatable bonds is 4. The Balaban J connectivity index is 1.76. The number of aliphatic hydroxyl groups is 1. The van der Waals surface area contributed by atoms with Gasteiger partial charge in [0.1, 0.15) is 11.5 Å². The summed E-state index contributed by atoms with van der Waals surface area (Å²) in [5.74, 6) is 0.985. The van der Waals surface area contributed by atoms with Crippen LogP contribution in [0.15, 0.2) is 34.7 Å². The zero-order chi connectivity index (χ0) is 17.3. The summed E-state index contributed by atoms with van der Waals surface area (Å²) in [5.41, 5.74) is 1.28. The second kappa shape index (κ2) is 6.97. The van der Waals surface area contributed by atoms with Crippen LogP contribution < -0.4 is 5.32 Å². The monoisotopic (exact) mass is 348 g/mol. The van der Waals surface area contributed by atoms with Gasteiger partial charge >= 0.3 is 0 Å². The second-order valence-corrected chi connectivity index (χ2v) is 6.65. The van der Waals surface area contributed by atoms with Gasteiger partial charge in [0, 0.05) is 24.2 Å². The number of likely N-dealkylation sites (N-methyl/N-ethyl adjacent to an activating group) is 1. The molecule has 1 aromatic carbocycles. The molecule has 2 N–H and O–H groups in total. The van der Waals surface area contributed by atoms with Gasteiger partial charge in [0.25, 0.3) is 5.91 Å². The predicted molar refractivity (Wildman–Crippen MR) is 93.3 cm³/mol. The molecule has 3 rings (SSSR count). The molecule has 1 aliphatic rings. The summed E-state index contributed by atoms with van der Waals surface area (Å²) >= 11 is 6.20. The van der Waals surface area contributed by atoms with Crippen LogP contribution >= 0.6 is 11.6 Å². The van der Waals surface area contributed by atoms with Crippen LogP contribution in [0.1, 0.15) is 22.5 Å². The number of halogens is 1. The van der Waals surface area contributed by atoms with Crippen LogP contribution in [-0.2, 0) is 0 Å². The minimum atomic E-state index is -0.161. The first kappa shape index (κ1) is 17.0. The third-order valence-electron chi connectivity index (χ3n) is 4.54. The maximum Gasteiger partial charge on any atom is 0.255 e. The molecule has 2 heterocycles. The molecule has 0 aliphatic carbocycles. The number of nitrogens with one attached hydrogen (secondary N) is 1. The van der Waals surface area contributed by atoms with E-state index in [4.69, 9.17) is 16.0 Å². The summed E-state index contributed by atoms with van der Waals surface area (Å²) in [5, 5.41) is 12.9. The van der Waals surface area contributed by atoms with E-state index in [-0.39, 0.29) is 24.6 Å². The SMILES string of the molecule is Cc1oc(-c2ccccc2Cl)cc1C(=O)N[C@@H]1C[C@@H](CO)N(C)C1. The molecule has 6 heteroatoms. The molecule has 1 saturated heterocycles. The molecule has 1 aliphatic heterocycles. The summed E-state index contributed by atoms with van der Waals surface area (Å²) in [6.45, 7) is 2.60. The van der Waals surface area contributed by atoms with E-state index in [2.05, 4.69) is 10.2 Å². The summed E-state index contributed by atoms with van der Waals surface area (Å²) < 4.78 is 5.73. The van der Waals surface area contributed by atoms with Gasteiger partial charge in [-0.1, -0.05) is 23.7 Å². The van der Waals surface area contributed by atoms with Crippen molar-refractivity contribution >= 4 is 17.5 Å². The van der Waals surface area contributed by atoms with E-state index in [1.807, 2.05) is 25.2 Å². The first-order valence-electron chi connectivity index (χ1n) is 7.97. The molecule has 24 heavy (non-hydrogen) atoms. The van der Waals surface area contributed by atoms with Crippen molar-refractivity contribution in [1.29, 1.82) is 0 Å². The van der Waals surface area contributed by atoms with Crippen molar-refractivity contribution in [2.45, 2.75) is 25.4 Å². The van der Waals surface area contributed by atoms with E-state index >= 15 is 0 Å². The number of likely N-dealkylation sites (tertiary alicyclic amines) is 1. The van der Waals surface area contributed by atoms with Crippen LogP contribution in [0.4, 0.5) is 0 Å². The van der Waals surface area contributed by atoms with Crippen LogP contribution in [0.25, 0.3) is 11.3 Å². The molecule has 0 saturated carbocycles. The van der Waals surface area contributed by atoms with Gasteiger partial charge < -0.3 is 14.8 Å². The van der Waals surface area contributed by atoms with E-state index in [1.165, 1.54) is 0 Å². The fourth-order valence-corrected chi connectivity index (χ4v) is 3.39. The minimum absolute atomic E-state index is 0.0257. The Kier molecular flexibility index (Phi) is 4.94. The van der Waals surface area contributed by atoms with E-state index in [1.54, 1.807) is 19.1 Å². The average Bonchev–Trinajstić information content (AvgIpc) is 3.10. The Labute approximate surface area is 146 Å². The highest BCUT2D eigenvalue weighted by atomic mass is 35.5. The van der Waals surface area contributed by atoms with E-state index < -0.39 is 0 Å². The summed E-state index contributed by atoms with van der Waals surface area (Å²) in [4.78, 5) is 14.6. The standard InChI is InChI=1S/C18H21ClN2O3/c1-11-15(8-17(24-11)14-5-3-4-6-16(14)19)18(23)20-12-7-13(10-22)21(2)9-12/h3-6,8,12-13,22H,7,9-10H2,1-2H3,(H,20,23)/t12-,13+/m1/s1. The summed E-state index contributed by atoms with van der Waals surface area (Å²) in [6.07, 6.45) is 0.743. The summed E-state index contributed by atoms with van der Waals surface area (Å²) in [7, 11) is 1.95. The first-order valence-corrected chi connectivity index (χ1v) is 8.34. The second-order valence-electron chi connectivity index (χ2n) is 6.24. The van der Waals surface area contributed by atoms with E-state index in [0.717, 1.165) is 18.5 Å². The van der Waals surface area contributed by atoms with Gasteiger partial charge in [-0.25, -0.2) is 0 Å². The lowest BCUT2D eigenvalue weighted by Crippen LogP contribution is -2.36. The van der Waals surface area contributed by atoms with Crippen LogP contribution in [-0.4, -0.2) is 48.2 Å². The molecule has 128 valence electrons. The number of aliphatic hydroxyl groups excluding tert-OH is 1. The molecule has 0 spiro atoms. The molecule has 0 bridgehead atoms. The zero-order valence-corrected chi connectivity index (χ0v) is 14.5.